The minimum atomic E-state index is -1.85. The number of aromatic nitrogens is 2. The lowest BCUT2D eigenvalue weighted by molar-refractivity contribution is -0.172. The summed E-state index contributed by atoms with van der Waals surface area (Å²) in [4.78, 5) is 36.7. The number of amidine groups is 1. The molecule has 9 heteroatoms. The maximum absolute atomic E-state index is 13.3. The van der Waals surface area contributed by atoms with Crippen molar-refractivity contribution in [1.29, 1.82) is 0 Å². The molecule has 2 aliphatic heterocycles. The first-order chi connectivity index (χ1) is 15.8. The maximum atomic E-state index is 13.3. The van der Waals surface area contributed by atoms with E-state index in [1.54, 1.807) is 22.5 Å². The molecule has 0 spiro atoms. The van der Waals surface area contributed by atoms with Gasteiger partial charge in [0.1, 0.15) is 19.0 Å². The number of aliphatic hydroxyl groups is 2. The second-order valence-corrected chi connectivity index (χ2v) is 8.52. The third kappa shape index (κ3) is 3.07. The minimum Gasteiger partial charge on any atom is -0.458 e. The zero-order valence-electron chi connectivity index (χ0n) is 18.6. The van der Waals surface area contributed by atoms with Crippen molar-refractivity contribution in [3.8, 4) is 11.4 Å². The fourth-order valence-corrected chi connectivity index (χ4v) is 4.50. The van der Waals surface area contributed by atoms with Gasteiger partial charge < -0.3 is 24.4 Å². The van der Waals surface area contributed by atoms with E-state index >= 15 is 0 Å². The molecule has 9 nitrogen and oxygen atoms in total. The molecule has 0 aliphatic carbocycles. The molecule has 1 aromatic carbocycles. The number of hydrogen-bond donors (Lipinski definition) is 2. The van der Waals surface area contributed by atoms with Crippen LogP contribution in [0.15, 0.2) is 40.1 Å². The van der Waals surface area contributed by atoms with E-state index in [0.717, 1.165) is 10.9 Å². The van der Waals surface area contributed by atoms with Crippen LogP contribution >= 0.6 is 0 Å². The van der Waals surface area contributed by atoms with Crippen molar-refractivity contribution in [2.75, 3.05) is 20.7 Å². The van der Waals surface area contributed by atoms with Gasteiger partial charge in [-0.25, -0.2) is 14.8 Å². The van der Waals surface area contributed by atoms with Gasteiger partial charge in [0.15, 0.2) is 5.60 Å². The predicted molar refractivity (Wildman–Crippen MR) is 122 cm³/mol. The summed E-state index contributed by atoms with van der Waals surface area (Å²) in [5, 5.41) is 21.4. The van der Waals surface area contributed by atoms with Crippen LogP contribution in [0, 0.1) is 0 Å². The first-order valence-electron chi connectivity index (χ1n) is 10.7. The molecule has 1 atom stereocenters. The fraction of sp³-hybridized carbons (Fsp3) is 0.333. The topological polar surface area (TPSA) is 117 Å². The lowest BCUT2D eigenvalue weighted by Gasteiger charge is -2.31. The predicted octanol–water partition coefficient (Wildman–Crippen LogP) is 1.66. The van der Waals surface area contributed by atoms with Gasteiger partial charge in [-0.3, -0.25) is 4.79 Å². The van der Waals surface area contributed by atoms with Crippen molar-refractivity contribution in [3.05, 3.63) is 57.4 Å². The Kier molecular flexibility index (Phi) is 4.84. The molecule has 170 valence electrons. The maximum Gasteiger partial charge on any atom is 0.343 e. The second-order valence-electron chi connectivity index (χ2n) is 8.52. The van der Waals surface area contributed by atoms with Gasteiger partial charge in [0.25, 0.3) is 5.56 Å². The van der Waals surface area contributed by atoms with E-state index in [9.17, 15) is 19.8 Å². The van der Waals surface area contributed by atoms with Crippen molar-refractivity contribution in [2.45, 2.75) is 32.1 Å². The lowest BCUT2D eigenvalue weighted by Crippen LogP contribution is -2.44. The van der Waals surface area contributed by atoms with Crippen LogP contribution in [-0.2, 0) is 28.3 Å². The second kappa shape index (κ2) is 7.50. The van der Waals surface area contributed by atoms with E-state index < -0.39 is 11.6 Å². The molecule has 0 radical (unpaired) electrons. The number of cyclic esters (lactones) is 1. The number of carbonyl (C=O) groups excluding carboxylic acids is 1. The van der Waals surface area contributed by atoms with E-state index in [0.29, 0.717) is 46.1 Å². The fourth-order valence-electron chi connectivity index (χ4n) is 4.50. The number of likely N-dealkylation sites (N-methyl/N-ethyl adjacent to an activating group) is 1. The SMILES string of the molecule is CC[C@@]1(O)C(=O)OCc2c1cc1n(c2=O)Cc2cc3c(N=C(CO)N(C)C)cccc3nc2-1. The average Bonchev–Trinajstić information content (AvgIpc) is 3.16. The number of pyridine rings is 2. The summed E-state index contributed by atoms with van der Waals surface area (Å²) in [5.41, 5.74) is 1.85. The summed E-state index contributed by atoms with van der Waals surface area (Å²) in [6.45, 7) is 1.64. The van der Waals surface area contributed by atoms with Crippen molar-refractivity contribution >= 4 is 28.4 Å². The van der Waals surface area contributed by atoms with Crippen LogP contribution in [0.2, 0.25) is 0 Å². The molecule has 0 fully saturated rings. The van der Waals surface area contributed by atoms with Gasteiger partial charge in [0.05, 0.1) is 34.7 Å². The van der Waals surface area contributed by atoms with Crippen LogP contribution in [0.4, 0.5) is 5.69 Å². The standard InChI is InChI=1S/C24H24N4O5/c1-4-24(32)16-9-19-21-13(10-28(19)22(30)15(16)12-33-23(24)31)8-14-17(6-5-7-18(14)26-21)25-20(11-29)27(2)3/h5-9,29,32H,4,10-12H2,1-3H3/t24-/m0/s1. The molecule has 3 aromatic rings. The van der Waals surface area contributed by atoms with Gasteiger partial charge in [-0.2, -0.15) is 0 Å². The average molecular weight is 448 g/mol. The first-order valence-corrected chi connectivity index (χ1v) is 10.7. The summed E-state index contributed by atoms with van der Waals surface area (Å²) in [5.74, 6) is -0.228. The Morgan fingerprint density at radius 3 is 2.79 bits per heavy atom. The van der Waals surface area contributed by atoms with E-state index in [4.69, 9.17) is 9.72 Å². The zero-order chi connectivity index (χ0) is 23.5. The van der Waals surface area contributed by atoms with Gasteiger partial charge in [-0.05, 0) is 30.7 Å². The number of esters is 1. The largest absolute Gasteiger partial charge is 0.458 e. The molecule has 2 aromatic heterocycles. The van der Waals surface area contributed by atoms with Crippen LogP contribution in [0.1, 0.15) is 30.0 Å². The number of aliphatic hydroxyl groups excluding tert-OH is 1. The summed E-state index contributed by atoms with van der Waals surface area (Å²) in [7, 11) is 3.62. The number of aliphatic imine (C=N–C) groups is 1. The number of benzene rings is 1. The summed E-state index contributed by atoms with van der Waals surface area (Å²) in [6, 6.07) is 9.21. The van der Waals surface area contributed by atoms with Crippen molar-refractivity contribution in [2.24, 2.45) is 4.99 Å². The molecular formula is C24H24N4O5. The molecule has 33 heavy (non-hydrogen) atoms. The van der Waals surface area contributed by atoms with Crippen LogP contribution in [0.3, 0.4) is 0 Å². The highest BCUT2D eigenvalue weighted by molar-refractivity contribution is 5.96. The highest BCUT2D eigenvalue weighted by Crippen LogP contribution is 2.39. The number of hydrogen-bond acceptors (Lipinski definition) is 7. The van der Waals surface area contributed by atoms with E-state index in [1.165, 1.54) is 0 Å². The van der Waals surface area contributed by atoms with E-state index in [2.05, 4.69) is 4.99 Å². The number of fused-ring (bicyclic) bond motifs is 5. The number of rotatable bonds is 3. The lowest BCUT2D eigenvalue weighted by atomic mass is 9.86. The number of ether oxygens (including phenoxy) is 1. The molecule has 0 bridgehead atoms. The Labute approximate surface area is 189 Å². The van der Waals surface area contributed by atoms with Crippen LogP contribution in [-0.4, -0.2) is 57.2 Å². The van der Waals surface area contributed by atoms with Gasteiger partial charge in [0.2, 0.25) is 0 Å². The highest BCUT2D eigenvalue weighted by Gasteiger charge is 2.45. The van der Waals surface area contributed by atoms with Crippen molar-refractivity contribution < 1.29 is 19.7 Å². The zero-order valence-corrected chi connectivity index (χ0v) is 18.6. The Balaban J connectivity index is 1.71. The molecule has 2 N–H and O–H groups in total. The number of carbonyl (C=O) groups is 1. The first kappa shape index (κ1) is 21.3. The van der Waals surface area contributed by atoms with Crippen molar-refractivity contribution in [3.63, 3.8) is 0 Å². The quantitative estimate of drug-likeness (QED) is 0.278. The third-order valence-electron chi connectivity index (χ3n) is 6.44. The highest BCUT2D eigenvalue weighted by atomic mass is 16.6. The molecule has 0 amide bonds. The Hall–Kier alpha value is -3.56. The van der Waals surface area contributed by atoms with Gasteiger partial charge in [0, 0.05) is 30.6 Å². The monoisotopic (exact) mass is 448 g/mol. The molecule has 0 saturated heterocycles. The van der Waals surface area contributed by atoms with Gasteiger partial charge in [-0.15, -0.1) is 0 Å². The van der Waals surface area contributed by atoms with E-state index in [1.807, 2.05) is 38.4 Å². The summed E-state index contributed by atoms with van der Waals surface area (Å²) in [6.07, 6.45) is 0.0974. The Morgan fingerprint density at radius 2 is 2.09 bits per heavy atom. The molecule has 0 saturated carbocycles. The summed E-state index contributed by atoms with van der Waals surface area (Å²) >= 11 is 0. The normalized spacial score (nSPS) is 19.2. The van der Waals surface area contributed by atoms with Crippen LogP contribution in [0.25, 0.3) is 22.3 Å². The minimum absolute atomic E-state index is 0.0974. The van der Waals surface area contributed by atoms with Gasteiger partial charge >= 0.3 is 5.97 Å². The van der Waals surface area contributed by atoms with Crippen LogP contribution in [0.5, 0.6) is 0 Å². The smallest absolute Gasteiger partial charge is 0.343 e. The van der Waals surface area contributed by atoms with Gasteiger partial charge in [-0.1, -0.05) is 13.0 Å². The van der Waals surface area contributed by atoms with Crippen LogP contribution < -0.4 is 5.56 Å². The Morgan fingerprint density at radius 1 is 1.30 bits per heavy atom. The molecule has 0 unspecified atom stereocenters. The number of nitrogens with zero attached hydrogens (tertiary/aromatic N) is 4. The Bertz CT molecular complexity index is 1410. The molecule has 2 aliphatic rings. The molecular weight excluding hydrogens is 424 g/mol. The van der Waals surface area contributed by atoms with E-state index in [-0.39, 0.29) is 25.2 Å². The third-order valence-corrected chi connectivity index (χ3v) is 6.44. The summed E-state index contributed by atoms with van der Waals surface area (Å²) < 4.78 is 6.72. The molecule has 5 rings (SSSR count). The van der Waals surface area contributed by atoms with Crippen molar-refractivity contribution in [1.82, 2.24) is 14.5 Å². The molecule has 4 heterocycles.